The molecule has 0 aliphatic carbocycles. The van der Waals surface area contributed by atoms with Crippen LogP contribution in [0.25, 0.3) is 0 Å². The summed E-state index contributed by atoms with van der Waals surface area (Å²) in [6, 6.07) is 5.28. The van der Waals surface area contributed by atoms with Crippen LogP contribution in [0, 0.1) is 5.82 Å². The number of Topliss-reactive ketones (excluding diaryl/α,β-unsaturated/α-hetero) is 1. The zero-order valence-electron chi connectivity index (χ0n) is 15.3. The largest absolute Gasteiger partial charge is 0.343 e. The number of ketones is 1. The first-order valence-electron chi connectivity index (χ1n) is 8.71. The highest BCUT2D eigenvalue weighted by molar-refractivity contribution is 5.98. The molecular formula is C19H21FN4O3. The van der Waals surface area contributed by atoms with Crippen molar-refractivity contribution >= 4 is 17.6 Å². The van der Waals surface area contributed by atoms with E-state index in [1.165, 1.54) is 29.2 Å². The number of carbonyl (C=O) groups is 3. The summed E-state index contributed by atoms with van der Waals surface area (Å²) in [5.74, 6) is -0.975. The summed E-state index contributed by atoms with van der Waals surface area (Å²) >= 11 is 0. The summed E-state index contributed by atoms with van der Waals surface area (Å²) in [6.45, 7) is 0.804. The van der Waals surface area contributed by atoms with Gasteiger partial charge in [0, 0.05) is 63.3 Å². The molecular weight excluding hydrogens is 351 g/mol. The predicted molar refractivity (Wildman–Crippen MR) is 95.7 cm³/mol. The van der Waals surface area contributed by atoms with Gasteiger partial charge in [-0.2, -0.15) is 5.10 Å². The SMILES string of the molecule is CN(C)C(=O)c1n[nH]c2c1CN(C(=O)CCC(=O)c1ccc(F)cc1)CC2. The number of benzene rings is 1. The fourth-order valence-electron chi connectivity index (χ4n) is 3.06. The second kappa shape index (κ2) is 7.69. The van der Waals surface area contributed by atoms with Crippen molar-refractivity contribution in [3.63, 3.8) is 0 Å². The molecule has 27 heavy (non-hydrogen) atoms. The molecule has 2 aromatic rings. The Balaban J connectivity index is 1.62. The molecule has 2 amide bonds. The summed E-state index contributed by atoms with van der Waals surface area (Å²) in [7, 11) is 3.30. The lowest BCUT2D eigenvalue weighted by atomic mass is 10.0. The zero-order valence-corrected chi connectivity index (χ0v) is 15.3. The number of halogens is 1. The quantitative estimate of drug-likeness (QED) is 0.811. The van der Waals surface area contributed by atoms with Crippen LogP contribution < -0.4 is 0 Å². The minimum absolute atomic E-state index is 0.0582. The average Bonchev–Trinajstić information content (AvgIpc) is 3.08. The van der Waals surface area contributed by atoms with Crippen molar-refractivity contribution in [2.75, 3.05) is 20.6 Å². The molecule has 8 heteroatoms. The second-order valence-electron chi connectivity index (χ2n) is 6.72. The lowest BCUT2D eigenvalue weighted by Gasteiger charge is -2.27. The molecule has 7 nitrogen and oxygen atoms in total. The van der Waals surface area contributed by atoms with E-state index < -0.39 is 5.82 Å². The molecule has 0 unspecified atom stereocenters. The lowest BCUT2D eigenvalue weighted by Crippen LogP contribution is -2.37. The van der Waals surface area contributed by atoms with E-state index in [-0.39, 0.29) is 30.4 Å². The minimum Gasteiger partial charge on any atom is -0.343 e. The van der Waals surface area contributed by atoms with Gasteiger partial charge in [0.15, 0.2) is 11.5 Å². The summed E-state index contributed by atoms with van der Waals surface area (Å²) in [4.78, 5) is 40.0. The predicted octanol–water partition coefficient (Wildman–Crippen LogP) is 1.80. The van der Waals surface area contributed by atoms with E-state index in [1.54, 1.807) is 19.0 Å². The number of hydrogen-bond donors (Lipinski definition) is 1. The molecule has 0 bridgehead atoms. The van der Waals surface area contributed by atoms with E-state index in [1.807, 2.05) is 0 Å². The Morgan fingerprint density at radius 1 is 1.19 bits per heavy atom. The highest BCUT2D eigenvalue weighted by atomic mass is 19.1. The molecule has 0 fully saturated rings. The first-order chi connectivity index (χ1) is 12.9. The zero-order chi connectivity index (χ0) is 19.6. The van der Waals surface area contributed by atoms with Gasteiger partial charge in [0.25, 0.3) is 5.91 Å². The number of aromatic nitrogens is 2. The smallest absolute Gasteiger partial charge is 0.274 e. The first kappa shape index (κ1) is 18.8. The molecule has 0 saturated heterocycles. The topological polar surface area (TPSA) is 86.4 Å². The average molecular weight is 372 g/mol. The van der Waals surface area contributed by atoms with Crippen LogP contribution in [0.1, 0.15) is 44.9 Å². The molecule has 2 heterocycles. The second-order valence-corrected chi connectivity index (χ2v) is 6.72. The van der Waals surface area contributed by atoms with Crippen LogP contribution in [0.2, 0.25) is 0 Å². The molecule has 0 radical (unpaired) electrons. The Morgan fingerprint density at radius 3 is 2.56 bits per heavy atom. The van der Waals surface area contributed by atoms with E-state index in [4.69, 9.17) is 0 Å². The molecule has 142 valence electrons. The normalized spacial score (nSPS) is 13.2. The van der Waals surface area contributed by atoms with Crippen molar-refractivity contribution in [1.29, 1.82) is 0 Å². The Bertz CT molecular complexity index is 874. The van der Waals surface area contributed by atoms with Gasteiger partial charge in [-0.3, -0.25) is 19.5 Å². The van der Waals surface area contributed by atoms with Crippen LogP contribution in [0.4, 0.5) is 4.39 Å². The molecule has 1 aliphatic rings. The highest BCUT2D eigenvalue weighted by Crippen LogP contribution is 2.22. The number of fused-ring (bicyclic) bond motifs is 1. The van der Waals surface area contributed by atoms with Crippen molar-refractivity contribution in [1.82, 2.24) is 20.0 Å². The van der Waals surface area contributed by atoms with Gasteiger partial charge in [0.2, 0.25) is 5.91 Å². The van der Waals surface area contributed by atoms with Crippen LogP contribution in [0.15, 0.2) is 24.3 Å². The van der Waals surface area contributed by atoms with E-state index in [2.05, 4.69) is 10.2 Å². The van der Waals surface area contributed by atoms with Crippen molar-refractivity contribution in [3.8, 4) is 0 Å². The summed E-state index contributed by atoms with van der Waals surface area (Å²) < 4.78 is 12.9. The Labute approximate surface area is 156 Å². The number of rotatable bonds is 5. The van der Waals surface area contributed by atoms with Crippen LogP contribution in [0.5, 0.6) is 0 Å². The van der Waals surface area contributed by atoms with Gasteiger partial charge in [-0.1, -0.05) is 0 Å². The van der Waals surface area contributed by atoms with Crippen LogP contribution in [-0.2, 0) is 17.8 Å². The van der Waals surface area contributed by atoms with Crippen molar-refractivity contribution in [2.45, 2.75) is 25.8 Å². The molecule has 3 rings (SSSR count). The van der Waals surface area contributed by atoms with Crippen molar-refractivity contribution in [2.24, 2.45) is 0 Å². The fourth-order valence-corrected chi connectivity index (χ4v) is 3.06. The van der Waals surface area contributed by atoms with Crippen LogP contribution in [-0.4, -0.2) is 58.2 Å². The summed E-state index contributed by atoms with van der Waals surface area (Å²) in [5.41, 5.74) is 2.32. The van der Waals surface area contributed by atoms with Crippen molar-refractivity contribution in [3.05, 3.63) is 52.6 Å². The lowest BCUT2D eigenvalue weighted by molar-refractivity contribution is -0.132. The van der Waals surface area contributed by atoms with Gasteiger partial charge in [0.05, 0.1) is 0 Å². The van der Waals surface area contributed by atoms with E-state index in [0.29, 0.717) is 30.8 Å². The molecule has 1 aliphatic heterocycles. The third-order valence-corrected chi connectivity index (χ3v) is 4.63. The Morgan fingerprint density at radius 2 is 1.89 bits per heavy atom. The van der Waals surface area contributed by atoms with Gasteiger partial charge < -0.3 is 9.80 Å². The Kier molecular flexibility index (Phi) is 5.34. The molecule has 0 saturated carbocycles. The third-order valence-electron chi connectivity index (χ3n) is 4.63. The monoisotopic (exact) mass is 372 g/mol. The first-order valence-corrected chi connectivity index (χ1v) is 8.71. The van der Waals surface area contributed by atoms with Gasteiger partial charge in [0.1, 0.15) is 5.82 Å². The summed E-state index contributed by atoms with van der Waals surface area (Å²) in [5, 5.41) is 6.97. The van der Waals surface area contributed by atoms with Gasteiger partial charge in [-0.25, -0.2) is 4.39 Å². The number of carbonyl (C=O) groups excluding carboxylic acids is 3. The number of H-pyrrole nitrogens is 1. The fraction of sp³-hybridized carbons (Fsp3) is 0.368. The Hall–Kier alpha value is -3.03. The molecule has 1 aromatic carbocycles. The molecule has 1 N–H and O–H groups in total. The highest BCUT2D eigenvalue weighted by Gasteiger charge is 2.28. The maximum atomic E-state index is 12.9. The summed E-state index contributed by atoms with van der Waals surface area (Å²) in [6.07, 6.45) is 0.712. The molecule has 0 spiro atoms. The third kappa shape index (κ3) is 4.05. The van der Waals surface area contributed by atoms with Crippen molar-refractivity contribution < 1.29 is 18.8 Å². The molecule has 0 atom stereocenters. The van der Waals surface area contributed by atoms with E-state index in [9.17, 15) is 18.8 Å². The number of aromatic amines is 1. The number of nitrogens with one attached hydrogen (secondary N) is 1. The van der Waals surface area contributed by atoms with Crippen LogP contribution >= 0.6 is 0 Å². The van der Waals surface area contributed by atoms with Gasteiger partial charge in [-0.05, 0) is 24.3 Å². The standard InChI is InChI=1S/C19H21FN4O3/c1-23(2)19(27)18-14-11-24(10-9-15(14)21-22-18)17(26)8-7-16(25)12-3-5-13(20)6-4-12/h3-6H,7-11H2,1-2H3,(H,21,22). The number of nitrogens with zero attached hydrogens (tertiary/aromatic N) is 3. The van der Waals surface area contributed by atoms with Crippen LogP contribution in [0.3, 0.4) is 0 Å². The maximum Gasteiger partial charge on any atom is 0.274 e. The maximum absolute atomic E-state index is 12.9. The number of amides is 2. The van der Waals surface area contributed by atoms with E-state index >= 15 is 0 Å². The minimum atomic E-state index is -0.407. The van der Waals surface area contributed by atoms with Gasteiger partial charge >= 0.3 is 0 Å². The van der Waals surface area contributed by atoms with Gasteiger partial charge in [-0.15, -0.1) is 0 Å². The van der Waals surface area contributed by atoms with E-state index in [0.717, 1.165) is 11.3 Å². The molecule has 1 aromatic heterocycles. The number of hydrogen-bond acceptors (Lipinski definition) is 4.